The van der Waals surface area contributed by atoms with E-state index in [9.17, 15) is 4.79 Å². The first-order valence-electron chi connectivity index (χ1n) is 14.5. The summed E-state index contributed by atoms with van der Waals surface area (Å²) in [7, 11) is 5.73. The minimum Gasteiger partial charge on any atom is -0.465 e. The lowest BCUT2D eigenvalue weighted by Crippen LogP contribution is -2.13. The Labute approximate surface area is 251 Å². The molecule has 7 aromatic rings. The summed E-state index contributed by atoms with van der Waals surface area (Å²) in [5.41, 5.74) is 10.6. The van der Waals surface area contributed by atoms with Crippen molar-refractivity contribution in [1.29, 1.82) is 0 Å². The van der Waals surface area contributed by atoms with Crippen LogP contribution in [0.4, 0.5) is 0 Å². The molecule has 7 rings (SSSR count). The molecule has 4 nitrogen and oxygen atoms in total. The molecule has 210 valence electrons. The number of benzene rings is 5. The number of nitrogens with zero attached hydrogens (tertiary/aromatic N) is 2. The van der Waals surface area contributed by atoms with Crippen molar-refractivity contribution in [1.82, 2.24) is 9.13 Å². The van der Waals surface area contributed by atoms with Gasteiger partial charge in [-0.15, -0.1) is 0 Å². The average molecular weight is 561 g/mol. The molecule has 0 aliphatic heterocycles. The normalized spacial score (nSPS) is 11.4. The van der Waals surface area contributed by atoms with Crippen LogP contribution in [0.2, 0.25) is 0 Å². The van der Waals surface area contributed by atoms with Gasteiger partial charge in [-0.2, -0.15) is 0 Å². The van der Waals surface area contributed by atoms with Gasteiger partial charge in [0, 0.05) is 41.8 Å². The average Bonchev–Trinajstić information content (AvgIpc) is 3.53. The van der Waals surface area contributed by atoms with Crippen molar-refractivity contribution >= 4 is 27.8 Å². The summed E-state index contributed by atoms with van der Waals surface area (Å²) in [4.78, 5) is 13.4. The van der Waals surface area contributed by atoms with Crippen LogP contribution in [-0.4, -0.2) is 22.2 Å². The quantitative estimate of drug-likeness (QED) is 0.190. The second-order valence-corrected chi connectivity index (χ2v) is 10.9. The third-order valence-corrected chi connectivity index (χ3v) is 8.64. The molecule has 0 bridgehead atoms. The molecule has 0 atom stereocenters. The monoisotopic (exact) mass is 560 g/mol. The zero-order valence-corrected chi connectivity index (χ0v) is 24.5. The molecule has 0 radical (unpaired) electrons. The van der Waals surface area contributed by atoms with Gasteiger partial charge in [-0.25, -0.2) is 4.79 Å². The van der Waals surface area contributed by atoms with Crippen LogP contribution in [0.3, 0.4) is 0 Å². The van der Waals surface area contributed by atoms with Crippen LogP contribution in [-0.2, 0) is 18.8 Å². The number of carbonyl (C=O) groups excluding carboxylic acids is 1. The third-order valence-electron chi connectivity index (χ3n) is 8.64. The SMILES string of the molecule is COC(=O)c1ccccc1C(c1c(-c2ccccc2)n(C)c2ccccc12)c1c(-c2ccccc2)n(C)c2ccccc12. The fourth-order valence-corrected chi connectivity index (χ4v) is 6.82. The van der Waals surface area contributed by atoms with Crippen LogP contribution in [0.15, 0.2) is 133 Å². The van der Waals surface area contributed by atoms with E-state index in [0.29, 0.717) is 5.56 Å². The van der Waals surface area contributed by atoms with E-state index in [0.717, 1.165) is 61.0 Å². The summed E-state index contributed by atoms with van der Waals surface area (Å²) in [5.74, 6) is -0.637. The highest BCUT2D eigenvalue weighted by molar-refractivity contribution is 6.00. The molecule has 2 aromatic heterocycles. The number of hydrogen-bond acceptors (Lipinski definition) is 2. The van der Waals surface area contributed by atoms with Crippen molar-refractivity contribution in [3.63, 3.8) is 0 Å². The summed E-state index contributed by atoms with van der Waals surface area (Å²) in [6.07, 6.45) is 0. The second kappa shape index (κ2) is 10.8. The van der Waals surface area contributed by atoms with Crippen molar-refractivity contribution in [3.05, 3.63) is 156 Å². The predicted octanol–water partition coefficient (Wildman–Crippen LogP) is 8.97. The number of methoxy groups -OCH3 is 1. The van der Waals surface area contributed by atoms with Crippen molar-refractivity contribution < 1.29 is 9.53 Å². The van der Waals surface area contributed by atoms with E-state index in [-0.39, 0.29) is 11.9 Å². The highest BCUT2D eigenvalue weighted by atomic mass is 16.5. The molecule has 0 saturated carbocycles. The zero-order chi connectivity index (χ0) is 29.5. The third kappa shape index (κ3) is 4.26. The number of rotatable bonds is 6. The Morgan fingerprint density at radius 2 is 0.977 bits per heavy atom. The van der Waals surface area contributed by atoms with Crippen LogP contribution >= 0.6 is 0 Å². The second-order valence-electron chi connectivity index (χ2n) is 10.9. The Bertz CT molecular complexity index is 1980. The van der Waals surface area contributed by atoms with Gasteiger partial charge in [-0.05, 0) is 46.0 Å². The fraction of sp³-hybridized carbons (Fsp3) is 0.103. The number of aromatic nitrogens is 2. The molecular weight excluding hydrogens is 528 g/mol. The molecule has 2 heterocycles. The van der Waals surface area contributed by atoms with E-state index in [2.05, 4.69) is 126 Å². The highest BCUT2D eigenvalue weighted by Gasteiger charge is 2.34. The first-order chi connectivity index (χ1) is 21.1. The van der Waals surface area contributed by atoms with Gasteiger partial charge in [-0.3, -0.25) is 0 Å². The molecule has 4 heteroatoms. The van der Waals surface area contributed by atoms with Crippen LogP contribution in [0, 0.1) is 0 Å². The van der Waals surface area contributed by atoms with E-state index in [1.165, 1.54) is 7.11 Å². The lowest BCUT2D eigenvalue weighted by atomic mass is 9.78. The Morgan fingerprint density at radius 3 is 1.47 bits per heavy atom. The number of aryl methyl sites for hydroxylation is 2. The molecule has 0 aliphatic carbocycles. The minimum atomic E-state index is -0.344. The molecule has 0 saturated heterocycles. The first kappa shape index (κ1) is 26.5. The van der Waals surface area contributed by atoms with Gasteiger partial charge in [0.05, 0.1) is 24.1 Å². The number of hydrogen-bond donors (Lipinski definition) is 0. The van der Waals surface area contributed by atoms with Gasteiger partial charge >= 0.3 is 5.97 Å². The van der Waals surface area contributed by atoms with Gasteiger partial charge < -0.3 is 13.9 Å². The summed E-state index contributed by atoms with van der Waals surface area (Å²) < 4.78 is 9.95. The number of fused-ring (bicyclic) bond motifs is 2. The van der Waals surface area contributed by atoms with Crippen LogP contribution < -0.4 is 0 Å². The van der Waals surface area contributed by atoms with Crippen molar-refractivity contribution in [2.45, 2.75) is 5.92 Å². The molecule has 5 aromatic carbocycles. The largest absolute Gasteiger partial charge is 0.465 e. The van der Waals surface area contributed by atoms with Crippen molar-refractivity contribution in [3.8, 4) is 22.5 Å². The Morgan fingerprint density at radius 1 is 0.558 bits per heavy atom. The van der Waals surface area contributed by atoms with Crippen LogP contribution in [0.25, 0.3) is 44.3 Å². The van der Waals surface area contributed by atoms with Gasteiger partial charge in [0.1, 0.15) is 0 Å². The smallest absolute Gasteiger partial charge is 0.338 e. The van der Waals surface area contributed by atoms with Crippen LogP contribution in [0.1, 0.15) is 33.0 Å². The Kier molecular flexibility index (Phi) is 6.67. The van der Waals surface area contributed by atoms with E-state index in [4.69, 9.17) is 4.74 Å². The lowest BCUT2D eigenvalue weighted by Gasteiger charge is -2.24. The van der Waals surface area contributed by atoms with E-state index < -0.39 is 0 Å². The standard InChI is InChI=1S/C39H32N2O2/c1-40-32-24-14-12-22-30(32)35(37(40)26-16-6-4-7-17-26)34(28-20-10-11-21-29(28)39(42)43-3)36-31-23-13-15-25-33(31)41(2)38(36)27-18-8-5-9-19-27/h4-25,34H,1-3H3. The summed E-state index contributed by atoms with van der Waals surface area (Å²) in [6, 6.07) is 46.2. The number of carbonyl (C=O) groups is 1. The molecule has 0 N–H and O–H groups in total. The minimum absolute atomic E-state index is 0.294. The van der Waals surface area contributed by atoms with Crippen molar-refractivity contribution in [2.24, 2.45) is 14.1 Å². The topological polar surface area (TPSA) is 36.2 Å². The highest BCUT2D eigenvalue weighted by Crippen LogP contribution is 2.49. The lowest BCUT2D eigenvalue weighted by molar-refractivity contribution is 0.0599. The maximum atomic E-state index is 13.4. The molecular formula is C39H32N2O2. The van der Waals surface area contributed by atoms with E-state index in [1.54, 1.807) is 0 Å². The van der Waals surface area contributed by atoms with Gasteiger partial charge in [0.25, 0.3) is 0 Å². The van der Waals surface area contributed by atoms with Crippen molar-refractivity contribution in [2.75, 3.05) is 7.11 Å². The van der Waals surface area contributed by atoms with Gasteiger partial charge in [-0.1, -0.05) is 115 Å². The predicted molar refractivity (Wildman–Crippen MR) is 175 cm³/mol. The molecule has 0 unspecified atom stereocenters. The molecule has 0 spiro atoms. The maximum Gasteiger partial charge on any atom is 0.338 e. The summed E-state index contributed by atoms with van der Waals surface area (Å²) in [6.45, 7) is 0. The van der Waals surface area contributed by atoms with E-state index >= 15 is 0 Å². The summed E-state index contributed by atoms with van der Waals surface area (Å²) in [5, 5.41) is 2.31. The number of esters is 1. The molecule has 43 heavy (non-hydrogen) atoms. The molecule has 0 amide bonds. The van der Waals surface area contributed by atoms with Gasteiger partial charge in [0.15, 0.2) is 0 Å². The van der Waals surface area contributed by atoms with Crippen LogP contribution in [0.5, 0.6) is 0 Å². The molecule has 0 fully saturated rings. The van der Waals surface area contributed by atoms with E-state index in [1.807, 2.05) is 30.3 Å². The number of ether oxygens (including phenoxy) is 1. The number of para-hydroxylation sites is 2. The fourth-order valence-electron chi connectivity index (χ4n) is 6.82. The Balaban J connectivity index is 1.71. The summed E-state index contributed by atoms with van der Waals surface area (Å²) >= 11 is 0. The zero-order valence-electron chi connectivity index (χ0n) is 24.5. The Hall–Kier alpha value is -5.35. The first-order valence-corrected chi connectivity index (χ1v) is 14.5. The van der Waals surface area contributed by atoms with Gasteiger partial charge in [0.2, 0.25) is 0 Å². The maximum absolute atomic E-state index is 13.4. The molecule has 0 aliphatic rings.